The zero-order valence-corrected chi connectivity index (χ0v) is 14.0. The SMILES string of the molecule is COc1cc(C=NNC(=O)COc2cccc3cccnc23)ccc1O. The average molecular weight is 351 g/mol. The van der Waals surface area contributed by atoms with Crippen LogP contribution in [-0.4, -0.2) is 35.9 Å². The third kappa shape index (κ3) is 4.07. The lowest BCUT2D eigenvalue weighted by Gasteiger charge is -2.07. The zero-order chi connectivity index (χ0) is 18.4. The fraction of sp³-hybridized carbons (Fsp3) is 0.105. The molecular weight excluding hydrogens is 334 g/mol. The minimum atomic E-state index is -0.403. The normalized spacial score (nSPS) is 10.8. The molecule has 3 aromatic rings. The summed E-state index contributed by atoms with van der Waals surface area (Å²) in [6.07, 6.45) is 3.12. The molecule has 132 valence electrons. The number of ether oxygens (including phenoxy) is 2. The Bertz CT molecular complexity index is 951. The number of aromatic hydroxyl groups is 1. The van der Waals surface area contributed by atoms with Crippen LogP contribution in [0.1, 0.15) is 5.56 Å². The van der Waals surface area contributed by atoms with Gasteiger partial charge in [-0.25, -0.2) is 5.43 Å². The largest absolute Gasteiger partial charge is 0.504 e. The van der Waals surface area contributed by atoms with E-state index in [1.54, 1.807) is 24.4 Å². The van der Waals surface area contributed by atoms with Crippen LogP contribution >= 0.6 is 0 Å². The molecule has 1 heterocycles. The molecule has 0 saturated carbocycles. The van der Waals surface area contributed by atoms with Crippen molar-refractivity contribution in [2.45, 2.75) is 0 Å². The van der Waals surface area contributed by atoms with Gasteiger partial charge >= 0.3 is 0 Å². The van der Waals surface area contributed by atoms with Crippen LogP contribution in [-0.2, 0) is 4.79 Å². The number of benzene rings is 2. The van der Waals surface area contributed by atoms with E-state index >= 15 is 0 Å². The number of phenols is 1. The van der Waals surface area contributed by atoms with E-state index in [9.17, 15) is 9.90 Å². The van der Waals surface area contributed by atoms with Gasteiger partial charge in [0.25, 0.3) is 5.91 Å². The first-order valence-electron chi connectivity index (χ1n) is 7.83. The van der Waals surface area contributed by atoms with Crippen molar-refractivity contribution in [2.75, 3.05) is 13.7 Å². The Balaban J connectivity index is 1.57. The van der Waals surface area contributed by atoms with E-state index in [4.69, 9.17) is 9.47 Å². The second-order valence-corrected chi connectivity index (χ2v) is 5.34. The van der Waals surface area contributed by atoms with Gasteiger partial charge in [-0.3, -0.25) is 9.78 Å². The molecule has 0 spiro atoms. The first kappa shape index (κ1) is 17.2. The van der Waals surface area contributed by atoms with Gasteiger partial charge in [-0.2, -0.15) is 5.10 Å². The molecule has 26 heavy (non-hydrogen) atoms. The number of aromatic nitrogens is 1. The fourth-order valence-electron chi connectivity index (χ4n) is 2.32. The first-order chi connectivity index (χ1) is 12.7. The Kier molecular flexibility index (Phi) is 5.28. The van der Waals surface area contributed by atoms with Crippen LogP contribution in [0.4, 0.5) is 0 Å². The topological polar surface area (TPSA) is 93.0 Å². The number of methoxy groups -OCH3 is 1. The Morgan fingerprint density at radius 3 is 2.92 bits per heavy atom. The van der Waals surface area contributed by atoms with Crippen molar-refractivity contribution >= 4 is 23.0 Å². The number of hydrazone groups is 1. The summed E-state index contributed by atoms with van der Waals surface area (Å²) in [5, 5.41) is 14.3. The number of carbonyl (C=O) groups excluding carboxylic acids is 1. The number of nitrogens with zero attached hydrogens (tertiary/aromatic N) is 2. The lowest BCUT2D eigenvalue weighted by molar-refractivity contribution is -0.123. The number of fused-ring (bicyclic) bond motifs is 1. The Labute approximate surface area is 149 Å². The zero-order valence-electron chi connectivity index (χ0n) is 14.0. The lowest BCUT2D eigenvalue weighted by Crippen LogP contribution is -2.24. The van der Waals surface area contributed by atoms with Crippen LogP contribution in [0.5, 0.6) is 17.2 Å². The van der Waals surface area contributed by atoms with Crippen molar-refractivity contribution in [1.82, 2.24) is 10.4 Å². The summed E-state index contributed by atoms with van der Waals surface area (Å²) < 4.78 is 10.5. The van der Waals surface area contributed by atoms with Crippen molar-refractivity contribution in [3.05, 3.63) is 60.3 Å². The molecule has 0 atom stereocenters. The van der Waals surface area contributed by atoms with Gasteiger partial charge in [0.05, 0.1) is 13.3 Å². The number of amides is 1. The Hall–Kier alpha value is -3.61. The van der Waals surface area contributed by atoms with Gasteiger partial charge in [-0.15, -0.1) is 0 Å². The molecular formula is C19H17N3O4. The molecule has 0 saturated heterocycles. The Morgan fingerprint density at radius 2 is 2.08 bits per heavy atom. The smallest absolute Gasteiger partial charge is 0.277 e. The maximum atomic E-state index is 11.9. The lowest BCUT2D eigenvalue weighted by atomic mass is 10.2. The van der Waals surface area contributed by atoms with Crippen molar-refractivity contribution < 1.29 is 19.4 Å². The van der Waals surface area contributed by atoms with Crippen LogP contribution in [0.15, 0.2) is 59.8 Å². The molecule has 2 aromatic carbocycles. The summed E-state index contributed by atoms with van der Waals surface area (Å²) in [5.41, 5.74) is 3.75. The number of hydrogen-bond donors (Lipinski definition) is 2. The molecule has 3 rings (SSSR count). The van der Waals surface area contributed by atoms with Crippen molar-refractivity contribution in [3.8, 4) is 17.2 Å². The molecule has 0 unspecified atom stereocenters. The number of hydrogen-bond acceptors (Lipinski definition) is 6. The summed E-state index contributed by atoms with van der Waals surface area (Å²) in [6, 6.07) is 14.0. The number of carbonyl (C=O) groups is 1. The number of rotatable bonds is 6. The quantitative estimate of drug-likeness (QED) is 0.526. The summed E-state index contributed by atoms with van der Waals surface area (Å²) >= 11 is 0. The molecule has 0 aliphatic heterocycles. The molecule has 0 aliphatic rings. The van der Waals surface area contributed by atoms with Gasteiger partial charge < -0.3 is 14.6 Å². The van der Waals surface area contributed by atoms with Gasteiger partial charge in [0.2, 0.25) is 0 Å². The van der Waals surface area contributed by atoms with Gasteiger partial charge in [-0.1, -0.05) is 18.2 Å². The predicted octanol–water partition coefficient (Wildman–Crippen LogP) is 2.48. The van der Waals surface area contributed by atoms with Gasteiger partial charge in [0.15, 0.2) is 18.1 Å². The molecule has 7 heteroatoms. The van der Waals surface area contributed by atoms with Crippen LogP contribution in [0, 0.1) is 0 Å². The summed E-state index contributed by atoms with van der Waals surface area (Å²) in [5.74, 6) is 0.489. The molecule has 0 bridgehead atoms. The minimum absolute atomic E-state index is 0.0331. The number of pyridine rings is 1. The summed E-state index contributed by atoms with van der Waals surface area (Å²) in [7, 11) is 1.46. The third-order valence-electron chi connectivity index (χ3n) is 3.56. The van der Waals surface area contributed by atoms with E-state index in [1.807, 2.05) is 24.3 Å². The van der Waals surface area contributed by atoms with Crippen LogP contribution in [0.25, 0.3) is 10.9 Å². The molecule has 1 aromatic heterocycles. The van der Waals surface area contributed by atoms with Crippen molar-refractivity contribution in [1.29, 1.82) is 0 Å². The van der Waals surface area contributed by atoms with E-state index in [2.05, 4.69) is 15.5 Å². The minimum Gasteiger partial charge on any atom is -0.504 e. The van der Waals surface area contributed by atoms with E-state index in [0.29, 0.717) is 22.6 Å². The molecule has 2 N–H and O–H groups in total. The van der Waals surface area contributed by atoms with E-state index in [0.717, 1.165) is 5.39 Å². The monoisotopic (exact) mass is 351 g/mol. The van der Waals surface area contributed by atoms with Gasteiger partial charge in [0, 0.05) is 11.6 Å². The van der Waals surface area contributed by atoms with E-state index < -0.39 is 5.91 Å². The first-order valence-corrected chi connectivity index (χ1v) is 7.83. The second-order valence-electron chi connectivity index (χ2n) is 5.34. The van der Waals surface area contributed by atoms with Gasteiger partial charge in [-0.05, 0) is 35.9 Å². The summed E-state index contributed by atoms with van der Waals surface area (Å²) in [4.78, 5) is 16.2. The molecule has 0 aliphatic carbocycles. The molecule has 1 amide bonds. The number of phenolic OH excluding ortho intramolecular Hbond substituents is 1. The van der Waals surface area contributed by atoms with Crippen LogP contribution < -0.4 is 14.9 Å². The van der Waals surface area contributed by atoms with Crippen LogP contribution in [0.3, 0.4) is 0 Å². The highest BCUT2D eigenvalue weighted by atomic mass is 16.5. The van der Waals surface area contributed by atoms with Crippen molar-refractivity contribution in [2.24, 2.45) is 5.10 Å². The highest BCUT2D eigenvalue weighted by Gasteiger charge is 2.06. The predicted molar refractivity (Wildman–Crippen MR) is 97.6 cm³/mol. The molecule has 0 fully saturated rings. The third-order valence-corrected chi connectivity index (χ3v) is 3.56. The van der Waals surface area contributed by atoms with Crippen LogP contribution in [0.2, 0.25) is 0 Å². The van der Waals surface area contributed by atoms with Crippen molar-refractivity contribution in [3.63, 3.8) is 0 Å². The molecule has 0 radical (unpaired) electrons. The summed E-state index contributed by atoms with van der Waals surface area (Å²) in [6.45, 7) is -0.189. The highest BCUT2D eigenvalue weighted by molar-refractivity contribution is 5.86. The fourth-order valence-corrected chi connectivity index (χ4v) is 2.32. The standard InChI is InChI=1S/C19H17N3O4/c1-25-17-10-13(7-8-15(17)23)11-21-22-18(24)12-26-16-6-2-4-14-5-3-9-20-19(14)16/h2-11,23H,12H2,1H3,(H,22,24). The Morgan fingerprint density at radius 1 is 1.23 bits per heavy atom. The second kappa shape index (κ2) is 7.98. The van der Waals surface area contributed by atoms with E-state index in [1.165, 1.54) is 19.4 Å². The van der Waals surface area contributed by atoms with Gasteiger partial charge in [0.1, 0.15) is 11.3 Å². The maximum Gasteiger partial charge on any atom is 0.277 e. The molecule has 7 nitrogen and oxygen atoms in total. The highest BCUT2D eigenvalue weighted by Crippen LogP contribution is 2.25. The average Bonchev–Trinajstić information content (AvgIpc) is 2.67. The number of para-hydroxylation sites is 1. The van der Waals surface area contributed by atoms with E-state index in [-0.39, 0.29) is 12.4 Å². The number of nitrogens with one attached hydrogen (secondary N) is 1. The maximum absolute atomic E-state index is 11.9.